The molecule has 2 N–H and O–H groups in total. The van der Waals surface area contributed by atoms with E-state index in [-0.39, 0.29) is 12.1 Å². The van der Waals surface area contributed by atoms with E-state index < -0.39 is 0 Å². The second kappa shape index (κ2) is 9.05. The van der Waals surface area contributed by atoms with Crippen LogP contribution in [0.1, 0.15) is 35.2 Å². The summed E-state index contributed by atoms with van der Waals surface area (Å²) < 4.78 is 0. The quantitative estimate of drug-likeness (QED) is 0.755. The monoisotopic (exact) mass is 351 g/mol. The summed E-state index contributed by atoms with van der Waals surface area (Å²) >= 11 is 3.41. The van der Waals surface area contributed by atoms with Crippen molar-refractivity contribution in [2.24, 2.45) is 0 Å². The highest BCUT2D eigenvalue weighted by atomic mass is 32.1. The van der Waals surface area contributed by atoms with Gasteiger partial charge >= 0.3 is 6.03 Å². The maximum absolute atomic E-state index is 12.1. The van der Waals surface area contributed by atoms with Crippen LogP contribution in [0.4, 0.5) is 4.79 Å². The highest BCUT2D eigenvalue weighted by molar-refractivity contribution is 7.11. The third kappa shape index (κ3) is 5.34. The molecule has 0 aliphatic carbocycles. The molecule has 2 heterocycles. The number of hydrogen-bond acceptors (Lipinski definition) is 4. The maximum atomic E-state index is 12.1. The topological polar surface area (TPSA) is 44.4 Å². The zero-order valence-corrected chi connectivity index (χ0v) is 15.6. The lowest BCUT2D eigenvalue weighted by molar-refractivity contribution is 0.206. The van der Waals surface area contributed by atoms with Gasteiger partial charge in [0.05, 0.1) is 12.6 Å². The van der Waals surface area contributed by atoms with Crippen LogP contribution in [0.5, 0.6) is 0 Å². The van der Waals surface area contributed by atoms with E-state index in [0.29, 0.717) is 13.1 Å². The molecule has 2 rings (SSSR count). The number of aryl methyl sites for hydroxylation is 1. The molecule has 0 bridgehead atoms. The lowest BCUT2D eigenvalue weighted by Crippen LogP contribution is -2.41. The van der Waals surface area contributed by atoms with E-state index in [1.807, 2.05) is 0 Å². The highest BCUT2D eigenvalue weighted by Crippen LogP contribution is 2.22. The van der Waals surface area contributed by atoms with Crippen LogP contribution in [-0.4, -0.2) is 30.6 Å². The summed E-state index contributed by atoms with van der Waals surface area (Å²) in [6.07, 6.45) is 0. The van der Waals surface area contributed by atoms with Crippen LogP contribution in [0, 0.1) is 6.92 Å². The normalized spacial score (nSPS) is 12.3. The first-order valence-electron chi connectivity index (χ1n) is 7.97. The van der Waals surface area contributed by atoms with Crippen LogP contribution >= 0.6 is 22.7 Å². The Morgan fingerprint density at radius 2 is 2.00 bits per heavy atom. The largest absolute Gasteiger partial charge is 0.336 e. The van der Waals surface area contributed by atoms with Gasteiger partial charge < -0.3 is 10.6 Å². The average Bonchev–Trinajstić information content (AvgIpc) is 3.21. The standard InChI is InChI=1S/C17H25N3OS2/c1-4-20(5-2)16(14-8-9-22-12-14)11-19-17(21)18-10-15-7-6-13(3)23-15/h6-9,12,16H,4-5,10-11H2,1-3H3,(H2,18,19,21). The molecule has 23 heavy (non-hydrogen) atoms. The number of amides is 2. The predicted octanol–water partition coefficient (Wildman–Crippen LogP) is 4.00. The Morgan fingerprint density at radius 1 is 1.22 bits per heavy atom. The maximum Gasteiger partial charge on any atom is 0.315 e. The van der Waals surface area contributed by atoms with Gasteiger partial charge in [-0.3, -0.25) is 4.90 Å². The Bertz CT molecular complexity index is 591. The Balaban J connectivity index is 1.86. The third-order valence-electron chi connectivity index (χ3n) is 3.86. The Morgan fingerprint density at radius 3 is 2.57 bits per heavy atom. The fraction of sp³-hybridized carbons (Fsp3) is 0.471. The molecule has 6 heteroatoms. The van der Waals surface area contributed by atoms with E-state index in [2.05, 4.69) is 65.3 Å². The summed E-state index contributed by atoms with van der Waals surface area (Å²) in [5.41, 5.74) is 1.27. The van der Waals surface area contributed by atoms with E-state index >= 15 is 0 Å². The molecule has 1 unspecified atom stereocenters. The van der Waals surface area contributed by atoms with Crippen LogP contribution in [0.15, 0.2) is 29.0 Å². The number of nitrogens with one attached hydrogen (secondary N) is 2. The minimum absolute atomic E-state index is 0.108. The van der Waals surface area contributed by atoms with Gasteiger partial charge in [-0.05, 0) is 54.5 Å². The fourth-order valence-electron chi connectivity index (χ4n) is 2.59. The first-order chi connectivity index (χ1) is 11.1. The lowest BCUT2D eigenvalue weighted by Gasteiger charge is -2.29. The van der Waals surface area contributed by atoms with Crippen molar-refractivity contribution in [1.82, 2.24) is 15.5 Å². The van der Waals surface area contributed by atoms with Crippen molar-refractivity contribution in [3.05, 3.63) is 44.3 Å². The second-order valence-corrected chi connectivity index (χ2v) is 7.52. The van der Waals surface area contributed by atoms with Crippen molar-refractivity contribution < 1.29 is 4.79 Å². The average molecular weight is 352 g/mol. The Kier molecular flexibility index (Phi) is 7.08. The minimum atomic E-state index is -0.108. The first-order valence-corrected chi connectivity index (χ1v) is 9.73. The van der Waals surface area contributed by atoms with Gasteiger partial charge in [-0.25, -0.2) is 4.79 Å². The first kappa shape index (κ1) is 18.0. The van der Waals surface area contributed by atoms with E-state index in [9.17, 15) is 4.79 Å². The smallest absolute Gasteiger partial charge is 0.315 e. The minimum Gasteiger partial charge on any atom is -0.336 e. The van der Waals surface area contributed by atoms with Gasteiger partial charge in [-0.1, -0.05) is 13.8 Å². The zero-order chi connectivity index (χ0) is 16.7. The number of urea groups is 1. The number of carbonyl (C=O) groups excluding carboxylic acids is 1. The number of nitrogens with zero attached hydrogens (tertiary/aromatic N) is 1. The molecule has 1 atom stereocenters. The van der Waals surface area contributed by atoms with E-state index in [1.165, 1.54) is 15.3 Å². The molecule has 0 saturated heterocycles. The summed E-state index contributed by atoms with van der Waals surface area (Å²) in [4.78, 5) is 16.9. The fourth-order valence-corrected chi connectivity index (χ4v) is 4.12. The molecular weight excluding hydrogens is 326 g/mol. The Hall–Kier alpha value is -1.37. The summed E-state index contributed by atoms with van der Waals surface area (Å²) in [6.45, 7) is 9.52. The third-order valence-corrected chi connectivity index (χ3v) is 5.56. The number of likely N-dealkylation sites (N-methyl/N-ethyl adjacent to an activating group) is 1. The SMILES string of the molecule is CCN(CC)C(CNC(=O)NCc1ccc(C)s1)c1ccsc1. The zero-order valence-electron chi connectivity index (χ0n) is 14.0. The van der Waals surface area contributed by atoms with Gasteiger partial charge in [0.1, 0.15) is 0 Å². The molecule has 2 aromatic rings. The molecule has 0 saturated carbocycles. The van der Waals surface area contributed by atoms with Crippen LogP contribution in [0.3, 0.4) is 0 Å². The van der Waals surface area contributed by atoms with Crippen LogP contribution in [0.25, 0.3) is 0 Å². The van der Waals surface area contributed by atoms with E-state index in [4.69, 9.17) is 0 Å². The van der Waals surface area contributed by atoms with Gasteiger partial charge in [0.25, 0.3) is 0 Å². The molecule has 0 radical (unpaired) electrons. The van der Waals surface area contributed by atoms with Gasteiger partial charge in [0.2, 0.25) is 0 Å². The lowest BCUT2D eigenvalue weighted by atomic mass is 10.1. The number of rotatable bonds is 8. The van der Waals surface area contributed by atoms with Crippen molar-refractivity contribution in [3.8, 4) is 0 Å². The molecule has 0 aliphatic rings. The van der Waals surface area contributed by atoms with Crippen molar-refractivity contribution in [1.29, 1.82) is 0 Å². The summed E-state index contributed by atoms with van der Waals surface area (Å²) in [6, 6.07) is 6.40. The highest BCUT2D eigenvalue weighted by Gasteiger charge is 2.19. The van der Waals surface area contributed by atoms with Crippen molar-refractivity contribution in [2.45, 2.75) is 33.4 Å². The van der Waals surface area contributed by atoms with Gasteiger partial charge in [0.15, 0.2) is 0 Å². The molecular formula is C17H25N3OS2. The molecule has 2 amide bonds. The Labute approximate surface area is 146 Å². The summed E-state index contributed by atoms with van der Waals surface area (Å²) in [7, 11) is 0. The number of carbonyl (C=O) groups is 1. The van der Waals surface area contributed by atoms with Gasteiger partial charge in [-0.2, -0.15) is 11.3 Å². The molecule has 0 spiro atoms. The number of hydrogen-bond donors (Lipinski definition) is 2. The second-order valence-electron chi connectivity index (χ2n) is 5.37. The molecule has 0 aliphatic heterocycles. The molecule has 0 aromatic carbocycles. The van der Waals surface area contributed by atoms with E-state index in [1.54, 1.807) is 22.7 Å². The van der Waals surface area contributed by atoms with Crippen molar-refractivity contribution in [3.63, 3.8) is 0 Å². The van der Waals surface area contributed by atoms with Crippen LogP contribution < -0.4 is 10.6 Å². The van der Waals surface area contributed by atoms with Gasteiger partial charge in [-0.15, -0.1) is 11.3 Å². The molecule has 2 aromatic heterocycles. The summed E-state index contributed by atoms with van der Waals surface area (Å²) in [5.74, 6) is 0. The predicted molar refractivity (Wildman–Crippen MR) is 99.3 cm³/mol. The van der Waals surface area contributed by atoms with Crippen molar-refractivity contribution in [2.75, 3.05) is 19.6 Å². The molecule has 126 valence electrons. The summed E-state index contributed by atoms with van der Waals surface area (Å²) in [5, 5.41) is 10.2. The van der Waals surface area contributed by atoms with Crippen LogP contribution in [0.2, 0.25) is 0 Å². The number of thiophene rings is 2. The van der Waals surface area contributed by atoms with Crippen molar-refractivity contribution >= 4 is 28.7 Å². The molecule has 4 nitrogen and oxygen atoms in total. The van der Waals surface area contributed by atoms with Gasteiger partial charge in [0, 0.05) is 16.3 Å². The van der Waals surface area contributed by atoms with E-state index in [0.717, 1.165) is 13.1 Å². The van der Waals surface area contributed by atoms with Crippen LogP contribution in [-0.2, 0) is 6.54 Å². The molecule has 0 fully saturated rings.